The number of benzene rings is 2. The molecule has 0 saturated carbocycles. The first-order valence-corrected chi connectivity index (χ1v) is 16.2. The molecular weight excluding hydrogens is 546 g/mol. The Kier molecular flexibility index (Phi) is 8.18. The van der Waals surface area contributed by atoms with Gasteiger partial charge in [-0.15, -0.1) is 0 Å². The molecule has 222 valence electrons. The van der Waals surface area contributed by atoms with Gasteiger partial charge in [0.25, 0.3) is 5.95 Å². The Morgan fingerprint density at radius 2 is 1.86 bits per heavy atom. The van der Waals surface area contributed by atoms with E-state index in [4.69, 9.17) is 9.72 Å². The number of aryl methyl sites for hydroxylation is 3. The van der Waals surface area contributed by atoms with Gasteiger partial charge in [0.05, 0.1) is 18.2 Å². The van der Waals surface area contributed by atoms with Crippen molar-refractivity contribution in [1.82, 2.24) is 20.2 Å². The van der Waals surface area contributed by atoms with Crippen molar-refractivity contribution in [3.8, 4) is 17.1 Å². The molecule has 2 unspecified atom stereocenters. The molecule has 1 amide bonds. The molecule has 6 rings (SSSR count). The standard InChI is InChI=1S/C33H41N5O3S/c1-21-7-5-8-22(2)30(21)28-16-29-35-32(34-28)37-42(40)27-10-6-9-23(15-27)11-12-24-13-14-38(19-26(24)20-41-29)18-25-17-33(3,4)36-31(25)39/h5-10,15-16,24-26H,11-14,17-20H2,1-4H3,(H,36,39)(H,34,35,37)/t24?,25-,26+,42?/m0/s1. The molecule has 2 fully saturated rings. The van der Waals surface area contributed by atoms with Crippen LogP contribution in [0.15, 0.2) is 53.4 Å². The molecule has 0 radical (unpaired) electrons. The smallest absolute Gasteiger partial charge is 0.269 e. The molecule has 2 N–H and O–H groups in total. The molecule has 3 aromatic rings. The summed E-state index contributed by atoms with van der Waals surface area (Å²) in [5, 5.41) is 3.15. The molecule has 0 spiro atoms. The first-order chi connectivity index (χ1) is 20.1. The molecule has 9 heteroatoms. The second kappa shape index (κ2) is 11.9. The van der Waals surface area contributed by atoms with Crippen molar-refractivity contribution in [1.29, 1.82) is 0 Å². The van der Waals surface area contributed by atoms with Crippen LogP contribution in [0.1, 0.15) is 49.8 Å². The van der Waals surface area contributed by atoms with Crippen LogP contribution in [-0.4, -0.2) is 57.1 Å². The monoisotopic (exact) mass is 587 g/mol. The minimum atomic E-state index is -1.51. The maximum Gasteiger partial charge on any atom is 0.269 e. The first kappa shape index (κ1) is 29.0. The maximum atomic E-state index is 13.4. The zero-order valence-electron chi connectivity index (χ0n) is 25.0. The lowest BCUT2D eigenvalue weighted by Crippen LogP contribution is -2.45. The predicted molar refractivity (Wildman–Crippen MR) is 166 cm³/mol. The van der Waals surface area contributed by atoms with E-state index in [0.29, 0.717) is 29.2 Å². The zero-order chi connectivity index (χ0) is 29.4. The highest BCUT2D eigenvalue weighted by molar-refractivity contribution is 7.92. The van der Waals surface area contributed by atoms with Crippen molar-refractivity contribution < 1.29 is 14.1 Å². The summed E-state index contributed by atoms with van der Waals surface area (Å²) in [5.74, 6) is 1.72. The summed E-state index contributed by atoms with van der Waals surface area (Å²) >= 11 is -1.51. The van der Waals surface area contributed by atoms with E-state index in [1.165, 1.54) is 5.56 Å². The molecular formula is C33H41N5O3S. The van der Waals surface area contributed by atoms with Gasteiger partial charge in [0, 0.05) is 36.2 Å². The van der Waals surface area contributed by atoms with Gasteiger partial charge in [-0.2, -0.15) is 9.71 Å². The minimum absolute atomic E-state index is 0.0231. The fraction of sp³-hybridized carbons (Fsp3) is 0.485. The molecule has 42 heavy (non-hydrogen) atoms. The van der Waals surface area contributed by atoms with Crippen LogP contribution in [-0.2, 0) is 22.6 Å². The Hall–Kier alpha value is -3.14. The van der Waals surface area contributed by atoms with Crippen LogP contribution in [0.2, 0.25) is 0 Å². The lowest BCUT2D eigenvalue weighted by Gasteiger charge is -2.39. The summed E-state index contributed by atoms with van der Waals surface area (Å²) < 4.78 is 22.8. The number of rotatable bonds is 3. The lowest BCUT2D eigenvalue weighted by atomic mass is 9.81. The summed E-state index contributed by atoms with van der Waals surface area (Å²) in [6, 6.07) is 16.1. The molecule has 4 atom stereocenters. The summed E-state index contributed by atoms with van der Waals surface area (Å²) in [6.45, 7) is 11.5. The van der Waals surface area contributed by atoms with Crippen molar-refractivity contribution in [2.45, 2.75) is 63.8 Å². The van der Waals surface area contributed by atoms with E-state index in [0.717, 1.165) is 67.7 Å². The highest BCUT2D eigenvalue weighted by atomic mass is 32.2. The number of piperidine rings is 1. The molecule has 2 aromatic carbocycles. The number of amides is 1. The number of hydrogen-bond donors (Lipinski definition) is 2. The van der Waals surface area contributed by atoms with Crippen molar-refractivity contribution in [3.05, 3.63) is 65.2 Å². The lowest BCUT2D eigenvalue weighted by molar-refractivity contribution is -0.123. The third kappa shape index (κ3) is 6.43. The third-order valence-corrected chi connectivity index (χ3v) is 10.1. The van der Waals surface area contributed by atoms with Crippen LogP contribution in [0.25, 0.3) is 11.3 Å². The minimum Gasteiger partial charge on any atom is -0.588 e. The van der Waals surface area contributed by atoms with Crippen LogP contribution < -0.4 is 14.8 Å². The Balaban J connectivity index is 1.30. The molecule has 3 aliphatic rings. The van der Waals surface area contributed by atoms with Gasteiger partial charge < -0.3 is 19.5 Å². The third-order valence-electron chi connectivity index (χ3n) is 9.03. The van der Waals surface area contributed by atoms with Gasteiger partial charge in [-0.1, -0.05) is 30.3 Å². The molecule has 4 bridgehead atoms. The number of hydrogen-bond acceptors (Lipinski definition) is 7. The maximum absolute atomic E-state index is 13.4. The van der Waals surface area contributed by atoms with Gasteiger partial charge in [0.15, 0.2) is 4.90 Å². The molecule has 0 aliphatic carbocycles. The van der Waals surface area contributed by atoms with Crippen LogP contribution in [0.5, 0.6) is 5.88 Å². The number of nitrogens with zero attached hydrogens (tertiary/aromatic N) is 3. The van der Waals surface area contributed by atoms with Crippen molar-refractivity contribution in [2.75, 3.05) is 31.0 Å². The van der Waals surface area contributed by atoms with E-state index < -0.39 is 11.4 Å². The second-order valence-electron chi connectivity index (χ2n) is 12.9. The van der Waals surface area contributed by atoms with E-state index in [1.807, 2.05) is 30.3 Å². The van der Waals surface area contributed by atoms with E-state index >= 15 is 0 Å². The number of nitrogens with one attached hydrogen (secondary N) is 2. The van der Waals surface area contributed by atoms with Crippen LogP contribution in [0, 0.1) is 31.6 Å². The van der Waals surface area contributed by atoms with Gasteiger partial charge in [0.1, 0.15) is 11.4 Å². The van der Waals surface area contributed by atoms with Crippen LogP contribution in [0.3, 0.4) is 0 Å². The second-order valence-corrected chi connectivity index (χ2v) is 14.1. The number of likely N-dealkylation sites (tertiary alicyclic amines) is 1. The Bertz CT molecular complexity index is 1440. The Morgan fingerprint density at radius 1 is 1.07 bits per heavy atom. The highest BCUT2D eigenvalue weighted by Crippen LogP contribution is 2.34. The van der Waals surface area contributed by atoms with Crippen LogP contribution in [0.4, 0.5) is 5.95 Å². The summed E-state index contributed by atoms with van der Waals surface area (Å²) in [7, 11) is 0. The number of fused-ring (bicyclic) bond motifs is 5. The summed E-state index contributed by atoms with van der Waals surface area (Å²) in [6.07, 6.45) is 3.87. The normalized spacial score (nSPS) is 25.9. The molecule has 3 aliphatic heterocycles. The van der Waals surface area contributed by atoms with Gasteiger partial charge in [-0.3, -0.25) is 4.79 Å². The van der Waals surface area contributed by atoms with Crippen molar-refractivity contribution in [3.63, 3.8) is 0 Å². The van der Waals surface area contributed by atoms with Gasteiger partial charge in [-0.25, -0.2) is 4.98 Å². The number of anilines is 1. The van der Waals surface area contributed by atoms with E-state index in [-0.39, 0.29) is 23.3 Å². The molecule has 1 aromatic heterocycles. The number of ether oxygens (including phenoxy) is 1. The zero-order valence-corrected chi connectivity index (χ0v) is 25.8. The van der Waals surface area contributed by atoms with E-state index in [9.17, 15) is 9.35 Å². The topological polar surface area (TPSA) is 102 Å². The Labute approximate surface area is 252 Å². The SMILES string of the molecule is Cc1cccc(C)c1-c1cc2nc(n1)N[S+]([O-])c1cccc(c1)CCC1CCN(C[C@@H]3CC(C)(C)NC3=O)C[C@@H]1CO2. The van der Waals surface area contributed by atoms with Crippen molar-refractivity contribution in [2.24, 2.45) is 17.8 Å². The van der Waals surface area contributed by atoms with Crippen molar-refractivity contribution >= 4 is 23.2 Å². The predicted octanol–water partition coefficient (Wildman–Crippen LogP) is 5.07. The average Bonchev–Trinajstić information content (AvgIpc) is 3.21. The number of carbonyl (C=O) groups is 1. The van der Waals surface area contributed by atoms with Gasteiger partial charge in [0.2, 0.25) is 11.8 Å². The van der Waals surface area contributed by atoms with Gasteiger partial charge >= 0.3 is 0 Å². The van der Waals surface area contributed by atoms with E-state index in [1.54, 1.807) is 0 Å². The Morgan fingerprint density at radius 3 is 2.62 bits per heavy atom. The summed E-state index contributed by atoms with van der Waals surface area (Å²) in [5.41, 5.74) is 5.02. The summed E-state index contributed by atoms with van der Waals surface area (Å²) in [4.78, 5) is 25.3. The molecule has 4 heterocycles. The highest BCUT2D eigenvalue weighted by Gasteiger charge is 2.39. The van der Waals surface area contributed by atoms with E-state index in [2.05, 4.69) is 65.8 Å². The van der Waals surface area contributed by atoms with Crippen LogP contribution >= 0.6 is 0 Å². The van der Waals surface area contributed by atoms with Gasteiger partial charge in [-0.05, 0) is 94.7 Å². The molecule has 2 saturated heterocycles. The fourth-order valence-corrected chi connectivity index (χ4v) is 7.77. The number of carbonyl (C=O) groups excluding carboxylic acids is 1. The number of aromatic nitrogens is 2. The average molecular weight is 588 g/mol. The molecule has 8 nitrogen and oxygen atoms in total. The fourth-order valence-electron chi connectivity index (χ4n) is 6.94. The quantitative estimate of drug-likeness (QED) is 0.413. The first-order valence-electron chi connectivity index (χ1n) is 15.0. The largest absolute Gasteiger partial charge is 0.588 e.